The first kappa shape index (κ1) is 83.4. The van der Waals surface area contributed by atoms with E-state index in [-0.39, 0.29) is 31.5 Å². The second-order valence-corrected chi connectivity index (χ2v) is 26.5. The number of ether oxygens (including phenoxy) is 1. The lowest BCUT2D eigenvalue weighted by atomic mass is 10.0. The van der Waals surface area contributed by atoms with E-state index in [1.165, 1.54) is 148 Å². The van der Waals surface area contributed by atoms with E-state index < -0.39 is 20.0 Å². The van der Waals surface area contributed by atoms with E-state index in [4.69, 9.17) is 13.8 Å². The Labute approximate surface area is 537 Å². The number of phosphoric acid groups is 1. The van der Waals surface area contributed by atoms with Crippen molar-refractivity contribution in [2.75, 3.05) is 40.9 Å². The van der Waals surface area contributed by atoms with Gasteiger partial charge in [0.1, 0.15) is 19.3 Å². The maximum atomic E-state index is 13.6. The molecule has 0 aliphatic carbocycles. The first-order valence-electron chi connectivity index (χ1n) is 35.9. The van der Waals surface area contributed by atoms with Crippen LogP contribution in [0.1, 0.15) is 303 Å². The fourth-order valence-corrected chi connectivity index (χ4v) is 10.6. The summed E-state index contributed by atoms with van der Waals surface area (Å²) in [6.07, 6.45) is 92.1. The van der Waals surface area contributed by atoms with Crippen molar-refractivity contribution >= 4 is 19.7 Å². The Morgan fingerprint density at radius 3 is 1.13 bits per heavy atom. The molecule has 0 saturated carbocycles. The number of esters is 1. The monoisotopic (exact) mass is 1230 g/mol. The van der Waals surface area contributed by atoms with E-state index in [0.29, 0.717) is 17.4 Å². The van der Waals surface area contributed by atoms with Crippen molar-refractivity contribution in [2.24, 2.45) is 0 Å². The summed E-state index contributed by atoms with van der Waals surface area (Å²) in [6.45, 7) is 6.86. The van der Waals surface area contributed by atoms with Gasteiger partial charge in [0.15, 0.2) is 0 Å². The molecule has 0 aliphatic heterocycles. The topological polar surface area (TPSA) is 111 Å². The maximum absolute atomic E-state index is 13.6. The van der Waals surface area contributed by atoms with Gasteiger partial charge in [0.25, 0.3) is 0 Å². The number of rotatable bonds is 64. The number of nitrogens with zero attached hydrogens (tertiary/aromatic N) is 1. The van der Waals surface area contributed by atoms with E-state index in [9.17, 15) is 19.0 Å². The van der Waals surface area contributed by atoms with Crippen LogP contribution >= 0.6 is 7.82 Å². The zero-order valence-corrected chi connectivity index (χ0v) is 58.1. The molecule has 0 saturated heterocycles. The number of allylic oxidation sites excluding steroid dienone is 19. The fraction of sp³-hybridized carbons (Fsp3) is 0.714. The van der Waals surface area contributed by atoms with Crippen LogP contribution in [0.4, 0.5) is 0 Å². The third kappa shape index (κ3) is 66.7. The maximum Gasteiger partial charge on any atom is 0.472 e. The summed E-state index contributed by atoms with van der Waals surface area (Å²) in [5.74, 6) is -0.523. The highest BCUT2D eigenvalue weighted by Gasteiger charge is 2.30. The molecule has 0 bridgehead atoms. The first-order chi connectivity index (χ1) is 42.4. The molecular weight excluding hydrogens is 1100 g/mol. The van der Waals surface area contributed by atoms with E-state index in [1.807, 2.05) is 33.3 Å². The van der Waals surface area contributed by atoms with Gasteiger partial charge < -0.3 is 19.4 Å². The van der Waals surface area contributed by atoms with Gasteiger partial charge in [-0.15, -0.1) is 0 Å². The SMILES string of the molecule is CC/C=C\C/C=C\C/C=C\C/C=C\C/C=C\CCCCCCCCCC(=O)NC(COP(=O)(O)OCC[N+](C)(C)C)C(/C=C/CCCCCCCCCCC)OC(=O)CCCCCCCCCCCCC/C=C\C/C=C\C/C=C\C/C=C\CCCCC. The number of amides is 1. The summed E-state index contributed by atoms with van der Waals surface area (Å²) in [6, 6.07) is -0.865. The lowest BCUT2D eigenvalue weighted by molar-refractivity contribution is -0.870. The second kappa shape index (κ2) is 65.4. The number of hydrogen-bond acceptors (Lipinski definition) is 6. The summed E-state index contributed by atoms with van der Waals surface area (Å²) in [7, 11) is 1.47. The third-order valence-electron chi connectivity index (χ3n) is 15.4. The van der Waals surface area contributed by atoms with Crippen molar-refractivity contribution in [3.63, 3.8) is 0 Å². The van der Waals surface area contributed by atoms with E-state index in [0.717, 1.165) is 122 Å². The van der Waals surface area contributed by atoms with Crippen LogP contribution in [0.3, 0.4) is 0 Å². The van der Waals surface area contributed by atoms with Crippen LogP contribution in [0.2, 0.25) is 0 Å². The van der Waals surface area contributed by atoms with Crippen molar-refractivity contribution in [3.8, 4) is 0 Å². The largest absolute Gasteiger partial charge is 0.472 e. The van der Waals surface area contributed by atoms with Crippen LogP contribution in [0, 0.1) is 0 Å². The summed E-state index contributed by atoms with van der Waals surface area (Å²) in [5.41, 5.74) is 0. The minimum Gasteiger partial charge on any atom is -0.456 e. The minimum absolute atomic E-state index is 0.0317. The van der Waals surface area contributed by atoms with E-state index in [2.05, 4.69) is 135 Å². The molecule has 0 rings (SSSR count). The number of likely N-dealkylation sites (N-methyl/N-ethyl adjacent to an activating group) is 1. The number of carbonyl (C=O) groups is 2. The molecule has 87 heavy (non-hydrogen) atoms. The number of phosphoric ester groups is 1. The van der Waals surface area contributed by atoms with Crippen molar-refractivity contribution in [2.45, 2.75) is 315 Å². The first-order valence-corrected chi connectivity index (χ1v) is 37.4. The number of nitrogens with one attached hydrogen (secondary N) is 1. The normalized spacial score (nSPS) is 14.2. The zero-order valence-electron chi connectivity index (χ0n) is 57.2. The molecule has 9 nitrogen and oxygen atoms in total. The van der Waals surface area contributed by atoms with Crippen molar-refractivity contribution in [3.05, 3.63) is 122 Å². The van der Waals surface area contributed by atoms with Crippen molar-refractivity contribution < 1.29 is 37.3 Å². The molecule has 0 spiro atoms. The molecule has 0 fully saturated rings. The molecular formula is C77H136N2O7P+. The Balaban J connectivity index is 5.05. The fourth-order valence-electron chi connectivity index (χ4n) is 9.89. The third-order valence-corrected chi connectivity index (χ3v) is 16.4. The molecule has 0 aliphatic rings. The molecule has 0 aromatic heterocycles. The lowest BCUT2D eigenvalue weighted by Crippen LogP contribution is -2.47. The Morgan fingerprint density at radius 1 is 0.414 bits per heavy atom. The van der Waals surface area contributed by atoms with E-state index >= 15 is 0 Å². The highest BCUT2D eigenvalue weighted by Crippen LogP contribution is 2.43. The summed E-state index contributed by atoms with van der Waals surface area (Å²) in [5, 5.41) is 3.06. The van der Waals surface area contributed by atoms with Gasteiger partial charge >= 0.3 is 13.8 Å². The summed E-state index contributed by atoms with van der Waals surface area (Å²) in [4.78, 5) is 37.9. The minimum atomic E-state index is -4.47. The second-order valence-electron chi connectivity index (χ2n) is 25.0. The average molecular weight is 1230 g/mol. The molecule has 3 atom stereocenters. The molecule has 1 amide bonds. The van der Waals surface area contributed by atoms with Gasteiger partial charge in [-0.3, -0.25) is 18.6 Å². The molecule has 0 heterocycles. The van der Waals surface area contributed by atoms with E-state index in [1.54, 1.807) is 0 Å². The Bertz CT molecular complexity index is 1900. The average Bonchev–Trinajstić information content (AvgIpc) is 3.70. The molecule has 2 N–H and O–H groups in total. The Kier molecular flexibility index (Phi) is 62.7. The van der Waals surface area contributed by atoms with Crippen LogP contribution in [0.25, 0.3) is 0 Å². The molecule has 10 heteroatoms. The van der Waals surface area contributed by atoms with Crippen LogP contribution in [-0.2, 0) is 27.9 Å². The molecule has 0 radical (unpaired) electrons. The lowest BCUT2D eigenvalue weighted by Gasteiger charge is -2.27. The molecule has 3 unspecified atom stereocenters. The molecule has 0 aromatic rings. The highest BCUT2D eigenvalue weighted by molar-refractivity contribution is 7.47. The van der Waals surface area contributed by atoms with Gasteiger partial charge in [-0.25, -0.2) is 4.57 Å². The summed E-state index contributed by atoms with van der Waals surface area (Å²) < 4.78 is 30.8. The van der Waals surface area contributed by atoms with Gasteiger partial charge in [0.2, 0.25) is 5.91 Å². The number of hydrogen-bond donors (Lipinski definition) is 2. The zero-order chi connectivity index (χ0) is 63.5. The van der Waals surface area contributed by atoms with Gasteiger partial charge in [0, 0.05) is 12.8 Å². The quantitative estimate of drug-likeness (QED) is 0.0205. The van der Waals surface area contributed by atoms with Crippen molar-refractivity contribution in [1.82, 2.24) is 5.32 Å². The predicted molar refractivity (Wildman–Crippen MR) is 378 cm³/mol. The summed E-state index contributed by atoms with van der Waals surface area (Å²) >= 11 is 0. The van der Waals surface area contributed by atoms with Crippen molar-refractivity contribution in [1.29, 1.82) is 0 Å². The van der Waals surface area contributed by atoms with Gasteiger partial charge in [-0.1, -0.05) is 290 Å². The number of quaternary nitrogens is 1. The van der Waals surface area contributed by atoms with Gasteiger partial charge in [-0.2, -0.15) is 0 Å². The highest BCUT2D eigenvalue weighted by atomic mass is 31.2. The van der Waals surface area contributed by atoms with Gasteiger partial charge in [0.05, 0.1) is 33.8 Å². The van der Waals surface area contributed by atoms with Crippen LogP contribution < -0.4 is 5.32 Å². The van der Waals surface area contributed by atoms with Crippen LogP contribution in [0.15, 0.2) is 122 Å². The Morgan fingerprint density at radius 2 is 0.736 bits per heavy atom. The molecule has 500 valence electrons. The van der Waals surface area contributed by atoms with Gasteiger partial charge in [-0.05, 0) is 122 Å². The Hall–Kier alpha value is -3.59. The standard InChI is InChI=1S/C77H135N2O7P/c1-7-10-13-16-19-22-25-27-29-31-33-35-37-38-39-40-42-44-46-48-50-52-55-58-61-64-67-70-77(81)86-75(68-65-62-59-56-53-24-21-18-15-12-9-3)74(73-85-87(82,83)84-72-71-79(4,5)6)78-76(80)69-66-63-60-57-54-51-49-47-45-43-41-36-34-32-30-28-26-23-20-17-14-11-8-2/h11,14,19-20,22-23,27-30,33-36,38-39,43,45,65,68,74-75H,7-10,12-13,15-18,21,24-26,31-32,37,40-42,44,46-64,66-67,69-73H2,1-6H3,(H-,78,80,82,83)/p+1/b14-11-,22-19-,23-20-,29-27-,30-28-,35-33-,36-34-,39-38-,45-43-,68-65+. The van der Waals surface area contributed by atoms with Crippen LogP contribution in [-0.4, -0.2) is 74.3 Å². The smallest absolute Gasteiger partial charge is 0.456 e. The number of unbranched alkanes of at least 4 members (excludes halogenated alkanes) is 30. The molecule has 0 aromatic carbocycles. The van der Waals surface area contributed by atoms with Crippen LogP contribution in [0.5, 0.6) is 0 Å². The number of carbonyl (C=O) groups excluding carboxylic acids is 2. The predicted octanol–water partition coefficient (Wildman–Crippen LogP) is 23.0.